The number of hydrogen-bond donors (Lipinski definition) is 0. The minimum absolute atomic E-state index is 0.466. The van der Waals surface area contributed by atoms with Crippen molar-refractivity contribution >= 4 is 22.6 Å². The van der Waals surface area contributed by atoms with Crippen LogP contribution in [0.25, 0.3) is 0 Å². The average Bonchev–Trinajstić information content (AvgIpc) is 2.78. The number of hydrogen-bond acceptors (Lipinski definition) is 2. The summed E-state index contributed by atoms with van der Waals surface area (Å²) in [7, 11) is 0. The van der Waals surface area contributed by atoms with Gasteiger partial charge in [0.15, 0.2) is 5.79 Å². The number of benzene rings is 1. The summed E-state index contributed by atoms with van der Waals surface area (Å²) in [4.78, 5) is 0. The predicted octanol–water partition coefficient (Wildman–Crippen LogP) is 3.10. The molecule has 1 heterocycles. The van der Waals surface area contributed by atoms with E-state index in [1.165, 1.54) is 0 Å². The number of ether oxygens (including phenoxy) is 2. The third-order valence-corrected chi connectivity index (χ3v) is 3.37. The Hall–Kier alpha value is -0.130. The molecule has 0 amide bonds. The van der Waals surface area contributed by atoms with Crippen LogP contribution in [0.5, 0.6) is 0 Å². The largest absolute Gasteiger partial charge is 0.343 e. The van der Waals surface area contributed by atoms with Crippen LogP contribution in [0.15, 0.2) is 30.3 Å². The lowest BCUT2D eigenvalue weighted by Crippen LogP contribution is -2.27. The van der Waals surface area contributed by atoms with Crippen LogP contribution in [0.1, 0.15) is 18.4 Å². The molecule has 2 nitrogen and oxygen atoms in total. The van der Waals surface area contributed by atoms with Gasteiger partial charge in [0.2, 0.25) is 0 Å². The Morgan fingerprint density at radius 1 is 1.13 bits per heavy atom. The average molecular weight is 318 g/mol. The van der Waals surface area contributed by atoms with Gasteiger partial charge in [0.25, 0.3) is 0 Å². The molecule has 0 radical (unpaired) electrons. The predicted molar refractivity (Wildman–Crippen MR) is 68.1 cm³/mol. The number of rotatable bonds is 4. The van der Waals surface area contributed by atoms with Gasteiger partial charge >= 0.3 is 0 Å². The van der Waals surface area contributed by atoms with E-state index in [0.717, 1.165) is 22.8 Å². The van der Waals surface area contributed by atoms with Gasteiger partial charge in [-0.25, -0.2) is 0 Å². The van der Waals surface area contributed by atoms with Crippen molar-refractivity contribution in [3.63, 3.8) is 0 Å². The van der Waals surface area contributed by atoms with Crippen LogP contribution in [0.2, 0.25) is 0 Å². The Kier molecular flexibility index (Phi) is 3.99. The SMILES string of the molecule is ICCCC1(c2ccccc2)OCCO1. The van der Waals surface area contributed by atoms with Gasteiger partial charge in [-0.05, 0) is 10.8 Å². The molecule has 82 valence electrons. The van der Waals surface area contributed by atoms with E-state index in [-0.39, 0.29) is 0 Å². The van der Waals surface area contributed by atoms with Gasteiger partial charge in [-0.1, -0.05) is 52.9 Å². The van der Waals surface area contributed by atoms with Crippen molar-refractivity contribution in [3.05, 3.63) is 35.9 Å². The van der Waals surface area contributed by atoms with Crippen LogP contribution in [0.4, 0.5) is 0 Å². The summed E-state index contributed by atoms with van der Waals surface area (Å²) in [6.07, 6.45) is 2.06. The quantitative estimate of drug-likeness (QED) is 0.627. The highest BCUT2D eigenvalue weighted by Crippen LogP contribution is 2.35. The molecule has 1 fully saturated rings. The highest BCUT2D eigenvalue weighted by atomic mass is 127. The molecule has 0 aliphatic carbocycles. The van der Waals surface area contributed by atoms with E-state index in [0.29, 0.717) is 13.2 Å². The zero-order valence-corrected chi connectivity index (χ0v) is 10.8. The van der Waals surface area contributed by atoms with E-state index in [9.17, 15) is 0 Å². The molecule has 0 saturated carbocycles. The topological polar surface area (TPSA) is 18.5 Å². The monoisotopic (exact) mass is 318 g/mol. The lowest BCUT2D eigenvalue weighted by atomic mass is 10.0. The minimum atomic E-state index is -0.466. The van der Waals surface area contributed by atoms with Crippen molar-refractivity contribution < 1.29 is 9.47 Å². The van der Waals surface area contributed by atoms with Gasteiger partial charge in [0.1, 0.15) is 0 Å². The van der Waals surface area contributed by atoms with Crippen LogP contribution >= 0.6 is 22.6 Å². The molecule has 3 heteroatoms. The van der Waals surface area contributed by atoms with Gasteiger partial charge in [-0.3, -0.25) is 0 Å². The van der Waals surface area contributed by atoms with Gasteiger partial charge in [-0.2, -0.15) is 0 Å². The van der Waals surface area contributed by atoms with Crippen molar-refractivity contribution in [2.24, 2.45) is 0 Å². The molecule has 0 unspecified atom stereocenters. The highest BCUT2D eigenvalue weighted by Gasteiger charge is 2.37. The lowest BCUT2D eigenvalue weighted by molar-refractivity contribution is -0.170. The Morgan fingerprint density at radius 3 is 2.40 bits per heavy atom. The molecule has 0 N–H and O–H groups in total. The Balaban J connectivity index is 2.19. The van der Waals surface area contributed by atoms with Crippen molar-refractivity contribution in [1.82, 2.24) is 0 Å². The number of alkyl halides is 1. The second-order valence-electron chi connectivity index (χ2n) is 3.61. The number of halogens is 1. The Bertz CT molecular complexity index is 294. The summed E-state index contributed by atoms with van der Waals surface area (Å²) in [6, 6.07) is 10.2. The smallest absolute Gasteiger partial charge is 0.195 e. The fourth-order valence-electron chi connectivity index (χ4n) is 1.90. The second-order valence-corrected chi connectivity index (χ2v) is 4.69. The van der Waals surface area contributed by atoms with Crippen molar-refractivity contribution in [2.75, 3.05) is 17.6 Å². The van der Waals surface area contributed by atoms with Gasteiger partial charge in [0.05, 0.1) is 13.2 Å². The maximum Gasteiger partial charge on any atom is 0.195 e. The fraction of sp³-hybridized carbons (Fsp3) is 0.500. The first-order chi connectivity index (χ1) is 7.37. The summed E-state index contributed by atoms with van der Waals surface area (Å²) in [5.74, 6) is -0.466. The maximum absolute atomic E-state index is 5.80. The zero-order valence-electron chi connectivity index (χ0n) is 8.62. The first-order valence-corrected chi connectivity index (χ1v) is 6.79. The molecular formula is C12H15IO2. The van der Waals surface area contributed by atoms with Crippen LogP contribution in [0, 0.1) is 0 Å². The summed E-state index contributed by atoms with van der Waals surface area (Å²) in [5, 5.41) is 0. The normalized spacial score (nSPS) is 19.3. The van der Waals surface area contributed by atoms with Crippen molar-refractivity contribution in [1.29, 1.82) is 0 Å². The van der Waals surface area contributed by atoms with E-state index in [1.54, 1.807) is 0 Å². The molecule has 1 aliphatic rings. The van der Waals surface area contributed by atoms with E-state index in [1.807, 2.05) is 18.2 Å². The molecule has 0 bridgehead atoms. The van der Waals surface area contributed by atoms with Crippen LogP contribution < -0.4 is 0 Å². The standard InChI is InChI=1S/C12H15IO2/c13-8-4-7-12(14-9-10-15-12)11-5-2-1-3-6-11/h1-3,5-6H,4,7-10H2. The van der Waals surface area contributed by atoms with Crippen LogP contribution in [-0.4, -0.2) is 17.6 Å². The van der Waals surface area contributed by atoms with E-state index in [4.69, 9.17) is 9.47 Å². The van der Waals surface area contributed by atoms with Crippen LogP contribution in [-0.2, 0) is 15.3 Å². The van der Waals surface area contributed by atoms with Crippen molar-refractivity contribution in [2.45, 2.75) is 18.6 Å². The second kappa shape index (κ2) is 5.27. The molecule has 0 aromatic heterocycles. The van der Waals surface area contributed by atoms with E-state index >= 15 is 0 Å². The highest BCUT2D eigenvalue weighted by molar-refractivity contribution is 14.1. The molecule has 1 aromatic rings. The Morgan fingerprint density at radius 2 is 1.80 bits per heavy atom. The first kappa shape index (κ1) is 11.4. The fourth-order valence-corrected chi connectivity index (χ4v) is 2.28. The van der Waals surface area contributed by atoms with E-state index < -0.39 is 5.79 Å². The molecule has 1 aromatic carbocycles. The van der Waals surface area contributed by atoms with E-state index in [2.05, 4.69) is 34.7 Å². The Labute approximate surface area is 104 Å². The molecule has 1 aliphatic heterocycles. The summed E-state index contributed by atoms with van der Waals surface area (Å²) in [6.45, 7) is 1.41. The molecular weight excluding hydrogens is 303 g/mol. The molecule has 15 heavy (non-hydrogen) atoms. The van der Waals surface area contributed by atoms with Gasteiger partial charge in [-0.15, -0.1) is 0 Å². The summed E-state index contributed by atoms with van der Waals surface area (Å²) in [5.41, 5.74) is 1.15. The van der Waals surface area contributed by atoms with Gasteiger partial charge in [0, 0.05) is 12.0 Å². The van der Waals surface area contributed by atoms with Crippen LogP contribution in [0.3, 0.4) is 0 Å². The molecule has 0 spiro atoms. The molecule has 1 saturated heterocycles. The first-order valence-electron chi connectivity index (χ1n) is 5.27. The molecule has 2 rings (SSSR count). The maximum atomic E-state index is 5.80. The summed E-state index contributed by atoms with van der Waals surface area (Å²) >= 11 is 2.39. The third kappa shape index (κ3) is 2.52. The third-order valence-electron chi connectivity index (χ3n) is 2.61. The van der Waals surface area contributed by atoms with Gasteiger partial charge < -0.3 is 9.47 Å². The zero-order chi connectivity index (χ0) is 10.6. The summed E-state index contributed by atoms with van der Waals surface area (Å²) < 4.78 is 12.7. The van der Waals surface area contributed by atoms with Crippen molar-refractivity contribution in [3.8, 4) is 0 Å². The minimum Gasteiger partial charge on any atom is -0.343 e. The lowest BCUT2D eigenvalue weighted by Gasteiger charge is -2.27. The molecule has 0 atom stereocenters.